The van der Waals surface area contributed by atoms with Gasteiger partial charge in [0.1, 0.15) is 0 Å². The van der Waals surface area contributed by atoms with Gasteiger partial charge in [-0.25, -0.2) is 4.98 Å². The molecule has 110 valence electrons. The number of aromatic nitrogens is 2. The molecule has 0 aliphatic carbocycles. The number of rotatable bonds is 10. The summed E-state index contributed by atoms with van der Waals surface area (Å²) in [5.41, 5.74) is 1.06. The average molecular weight is 267 g/mol. The molecule has 0 spiro atoms. The highest BCUT2D eigenvalue weighted by Gasteiger charge is 2.04. The SMILES string of the molecule is CCCCNc1nc(C)cn1CCOCCC(C)C. The first-order chi connectivity index (χ1) is 9.13. The van der Waals surface area contributed by atoms with E-state index in [1.807, 2.05) is 6.92 Å². The summed E-state index contributed by atoms with van der Waals surface area (Å²) in [5.74, 6) is 1.68. The Morgan fingerprint density at radius 3 is 2.84 bits per heavy atom. The normalized spacial score (nSPS) is 11.2. The minimum atomic E-state index is 0.710. The van der Waals surface area contributed by atoms with Gasteiger partial charge in [-0.3, -0.25) is 0 Å². The van der Waals surface area contributed by atoms with Crippen molar-refractivity contribution in [3.63, 3.8) is 0 Å². The van der Waals surface area contributed by atoms with Crippen LogP contribution in [0.2, 0.25) is 0 Å². The first-order valence-corrected chi connectivity index (χ1v) is 7.48. The predicted octanol–water partition coefficient (Wildman–Crippen LogP) is 3.47. The van der Waals surface area contributed by atoms with E-state index in [-0.39, 0.29) is 0 Å². The number of aryl methyl sites for hydroxylation is 1. The second-order valence-corrected chi connectivity index (χ2v) is 5.47. The maximum atomic E-state index is 5.66. The summed E-state index contributed by atoms with van der Waals surface area (Å²) in [4.78, 5) is 4.51. The van der Waals surface area contributed by atoms with Crippen LogP contribution in [0.3, 0.4) is 0 Å². The second-order valence-electron chi connectivity index (χ2n) is 5.47. The Morgan fingerprint density at radius 2 is 2.16 bits per heavy atom. The first kappa shape index (κ1) is 16.0. The maximum Gasteiger partial charge on any atom is 0.203 e. The first-order valence-electron chi connectivity index (χ1n) is 7.48. The molecule has 0 atom stereocenters. The fraction of sp³-hybridized carbons (Fsp3) is 0.800. The van der Waals surface area contributed by atoms with Crippen molar-refractivity contribution < 1.29 is 4.74 Å². The van der Waals surface area contributed by atoms with Gasteiger partial charge in [-0.1, -0.05) is 27.2 Å². The molecule has 0 bridgehead atoms. The Labute approximate surface area is 117 Å². The third-order valence-electron chi connectivity index (χ3n) is 3.03. The number of ether oxygens (including phenoxy) is 1. The molecule has 1 N–H and O–H groups in total. The molecule has 4 nitrogen and oxygen atoms in total. The third kappa shape index (κ3) is 6.62. The van der Waals surface area contributed by atoms with Crippen molar-refractivity contribution in [2.75, 3.05) is 25.1 Å². The van der Waals surface area contributed by atoms with E-state index in [1.54, 1.807) is 0 Å². The number of anilines is 1. The monoisotopic (exact) mass is 267 g/mol. The van der Waals surface area contributed by atoms with Crippen LogP contribution >= 0.6 is 0 Å². The lowest BCUT2D eigenvalue weighted by molar-refractivity contribution is 0.116. The van der Waals surface area contributed by atoms with Crippen molar-refractivity contribution in [3.8, 4) is 0 Å². The fourth-order valence-corrected chi connectivity index (χ4v) is 1.82. The van der Waals surface area contributed by atoms with Crippen LogP contribution in [-0.4, -0.2) is 29.3 Å². The quantitative estimate of drug-likeness (QED) is 0.660. The molecular weight excluding hydrogens is 238 g/mol. The molecule has 4 heteroatoms. The van der Waals surface area contributed by atoms with E-state index in [1.165, 1.54) is 12.8 Å². The molecule has 1 aromatic heterocycles. The van der Waals surface area contributed by atoms with Crippen molar-refractivity contribution in [1.29, 1.82) is 0 Å². The number of nitrogens with one attached hydrogen (secondary N) is 1. The molecule has 19 heavy (non-hydrogen) atoms. The van der Waals surface area contributed by atoms with Gasteiger partial charge in [0.2, 0.25) is 5.95 Å². The molecule has 0 aliphatic rings. The third-order valence-corrected chi connectivity index (χ3v) is 3.03. The van der Waals surface area contributed by atoms with Gasteiger partial charge in [-0.2, -0.15) is 0 Å². The molecule has 0 radical (unpaired) electrons. The van der Waals surface area contributed by atoms with E-state index in [4.69, 9.17) is 4.74 Å². The molecule has 0 aromatic carbocycles. The lowest BCUT2D eigenvalue weighted by atomic mass is 10.1. The van der Waals surface area contributed by atoms with Gasteiger partial charge in [0.05, 0.1) is 12.3 Å². The summed E-state index contributed by atoms with van der Waals surface area (Å²) in [5, 5.41) is 3.39. The van der Waals surface area contributed by atoms with E-state index in [9.17, 15) is 0 Å². The van der Waals surface area contributed by atoms with Crippen LogP contribution in [0, 0.1) is 12.8 Å². The Balaban J connectivity index is 2.31. The van der Waals surface area contributed by atoms with Gasteiger partial charge in [0.15, 0.2) is 0 Å². The second kappa shape index (κ2) is 8.97. The zero-order valence-corrected chi connectivity index (χ0v) is 12.9. The van der Waals surface area contributed by atoms with Crippen LogP contribution < -0.4 is 5.32 Å². The Bertz CT molecular complexity index is 347. The van der Waals surface area contributed by atoms with Crippen LogP contribution in [0.1, 0.15) is 45.7 Å². The number of nitrogens with zero attached hydrogens (tertiary/aromatic N) is 2. The Hall–Kier alpha value is -1.03. The smallest absolute Gasteiger partial charge is 0.203 e. The lowest BCUT2D eigenvalue weighted by Gasteiger charge is -2.10. The molecule has 0 unspecified atom stereocenters. The molecular formula is C15H29N3O. The maximum absolute atomic E-state index is 5.66. The van der Waals surface area contributed by atoms with Crippen LogP contribution in [0.4, 0.5) is 5.95 Å². The van der Waals surface area contributed by atoms with Crippen LogP contribution in [0.15, 0.2) is 6.20 Å². The van der Waals surface area contributed by atoms with Crippen molar-refractivity contribution in [3.05, 3.63) is 11.9 Å². The highest BCUT2D eigenvalue weighted by atomic mass is 16.5. The standard InChI is InChI=1S/C15H29N3O/c1-5-6-8-16-15-17-14(4)12-18(15)9-11-19-10-7-13(2)3/h12-13H,5-11H2,1-4H3,(H,16,17). The largest absolute Gasteiger partial charge is 0.380 e. The summed E-state index contributed by atoms with van der Waals surface area (Å²) in [6, 6.07) is 0. The summed E-state index contributed by atoms with van der Waals surface area (Å²) in [7, 11) is 0. The summed E-state index contributed by atoms with van der Waals surface area (Å²) >= 11 is 0. The molecule has 1 heterocycles. The number of imidazole rings is 1. The van der Waals surface area contributed by atoms with E-state index in [0.29, 0.717) is 5.92 Å². The van der Waals surface area contributed by atoms with E-state index in [0.717, 1.165) is 44.4 Å². The fourth-order valence-electron chi connectivity index (χ4n) is 1.82. The topological polar surface area (TPSA) is 39.1 Å². The average Bonchev–Trinajstić information content (AvgIpc) is 2.69. The predicted molar refractivity (Wildman–Crippen MR) is 80.6 cm³/mol. The van der Waals surface area contributed by atoms with Gasteiger partial charge >= 0.3 is 0 Å². The van der Waals surface area contributed by atoms with Crippen molar-refractivity contribution >= 4 is 5.95 Å². The summed E-state index contributed by atoms with van der Waals surface area (Å²) < 4.78 is 7.82. The van der Waals surface area contributed by atoms with Crippen molar-refractivity contribution in [1.82, 2.24) is 9.55 Å². The van der Waals surface area contributed by atoms with Gasteiger partial charge in [0, 0.05) is 25.9 Å². The highest BCUT2D eigenvalue weighted by molar-refractivity contribution is 5.28. The highest BCUT2D eigenvalue weighted by Crippen LogP contribution is 2.09. The summed E-state index contributed by atoms with van der Waals surface area (Å²) in [6.07, 6.45) is 5.59. The number of hydrogen-bond acceptors (Lipinski definition) is 3. The van der Waals surface area contributed by atoms with Crippen molar-refractivity contribution in [2.45, 2.75) is 53.5 Å². The number of unbranched alkanes of at least 4 members (excludes halogenated alkanes) is 1. The zero-order chi connectivity index (χ0) is 14.1. The molecule has 0 aliphatic heterocycles. The zero-order valence-electron chi connectivity index (χ0n) is 12.9. The Morgan fingerprint density at radius 1 is 1.37 bits per heavy atom. The van der Waals surface area contributed by atoms with Gasteiger partial charge in [-0.15, -0.1) is 0 Å². The van der Waals surface area contributed by atoms with Gasteiger partial charge in [-0.05, 0) is 25.7 Å². The molecule has 0 saturated carbocycles. The Kier molecular flexibility index (Phi) is 7.56. The molecule has 0 amide bonds. The van der Waals surface area contributed by atoms with E-state index in [2.05, 4.69) is 41.8 Å². The van der Waals surface area contributed by atoms with Gasteiger partial charge < -0.3 is 14.6 Å². The van der Waals surface area contributed by atoms with Gasteiger partial charge in [0.25, 0.3) is 0 Å². The van der Waals surface area contributed by atoms with Crippen molar-refractivity contribution in [2.24, 2.45) is 5.92 Å². The molecule has 1 rings (SSSR count). The molecule has 0 saturated heterocycles. The summed E-state index contributed by atoms with van der Waals surface area (Å²) in [6.45, 7) is 12.1. The minimum Gasteiger partial charge on any atom is -0.380 e. The minimum absolute atomic E-state index is 0.710. The number of hydrogen-bond donors (Lipinski definition) is 1. The molecule has 0 fully saturated rings. The molecule has 1 aromatic rings. The van der Waals surface area contributed by atoms with E-state index >= 15 is 0 Å². The van der Waals surface area contributed by atoms with E-state index < -0.39 is 0 Å². The lowest BCUT2D eigenvalue weighted by Crippen LogP contribution is -2.12. The van der Waals surface area contributed by atoms with Crippen LogP contribution in [0.25, 0.3) is 0 Å². The van der Waals surface area contributed by atoms with Crippen LogP contribution in [0.5, 0.6) is 0 Å². The van der Waals surface area contributed by atoms with Crippen LogP contribution in [-0.2, 0) is 11.3 Å².